The summed E-state index contributed by atoms with van der Waals surface area (Å²) in [5, 5.41) is 15.5. The predicted octanol–water partition coefficient (Wildman–Crippen LogP) is 5.88. The van der Waals surface area contributed by atoms with Crippen LogP contribution in [0.25, 0.3) is 34.0 Å². The summed E-state index contributed by atoms with van der Waals surface area (Å²) in [6.45, 7) is 3.82. The molecular weight excluding hydrogens is 459 g/mol. The number of hydrogen-bond acceptors (Lipinski definition) is 5. The number of nitrogens with one attached hydrogen (secondary N) is 1. The van der Waals surface area contributed by atoms with Crippen LogP contribution in [0.2, 0.25) is 0 Å². The van der Waals surface area contributed by atoms with Gasteiger partial charge in [-0.3, -0.25) is 4.79 Å². The van der Waals surface area contributed by atoms with Gasteiger partial charge in [0.2, 0.25) is 5.82 Å². The number of aliphatic carboxylic acids is 1. The molecule has 0 atom stereocenters. The molecule has 180 valence electrons. The lowest BCUT2D eigenvalue weighted by Gasteiger charge is -2.15. The molecule has 0 unspecified atom stereocenters. The number of carbonyl (C=O) groups is 1. The lowest BCUT2D eigenvalue weighted by Crippen LogP contribution is -2.21. The number of halogens is 3. The zero-order chi connectivity index (χ0) is 25.2. The van der Waals surface area contributed by atoms with E-state index in [0.29, 0.717) is 17.7 Å². The average Bonchev–Trinajstić information content (AvgIpc) is 3.28. The van der Waals surface area contributed by atoms with Crippen molar-refractivity contribution in [2.45, 2.75) is 26.6 Å². The van der Waals surface area contributed by atoms with E-state index in [1.165, 1.54) is 6.07 Å². The summed E-state index contributed by atoms with van der Waals surface area (Å²) in [5.74, 6) is -0.717. The molecule has 3 aromatic carbocycles. The lowest BCUT2D eigenvalue weighted by atomic mass is 9.94. The fourth-order valence-electron chi connectivity index (χ4n) is 3.87. The van der Waals surface area contributed by atoms with E-state index in [1.807, 2.05) is 13.0 Å². The first-order valence-electron chi connectivity index (χ1n) is 10.8. The maximum absolute atomic E-state index is 14.0. The molecule has 35 heavy (non-hydrogen) atoms. The Balaban J connectivity index is 1.65. The molecule has 0 aliphatic rings. The van der Waals surface area contributed by atoms with Crippen molar-refractivity contribution in [1.82, 2.24) is 15.5 Å². The quantitative estimate of drug-likeness (QED) is 0.343. The SMILES string of the molecule is Cc1cc(CNCC(=O)O)ccc1-c1noc(-c2ccc(-c3ccccc3C)c(C(F)(F)F)c2)n1. The van der Waals surface area contributed by atoms with E-state index in [0.717, 1.165) is 22.8 Å². The molecule has 0 saturated carbocycles. The first-order valence-corrected chi connectivity index (χ1v) is 10.8. The molecule has 0 bridgehead atoms. The molecule has 6 nitrogen and oxygen atoms in total. The minimum Gasteiger partial charge on any atom is -0.480 e. The van der Waals surface area contributed by atoms with Crippen LogP contribution < -0.4 is 5.32 Å². The third-order valence-corrected chi connectivity index (χ3v) is 5.57. The van der Waals surface area contributed by atoms with Crippen molar-refractivity contribution in [1.29, 1.82) is 0 Å². The lowest BCUT2D eigenvalue weighted by molar-refractivity contribution is -0.137. The minimum absolute atomic E-state index is 0.0200. The molecule has 0 spiro atoms. The Morgan fingerprint density at radius 1 is 0.971 bits per heavy atom. The van der Waals surface area contributed by atoms with Crippen LogP contribution in [-0.2, 0) is 17.5 Å². The molecule has 1 heterocycles. The summed E-state index contributed by atoms with van der Waals surface area (Å²) in [4.78, 5) is 15.0. The molecule has 0 saturated heterocycles. The number of benzene rings is 3. The van der Waals surface area contributed by atoms with Crippen molar-refractivity contribution in [3.63, 3.8) is 0 Å². The molecule has 4 rings (SSSR count). The number of aromatic nitrogens is 2. The van der Waals surface area contributed by atoms with Crippen LogP contribution >= 0.6 is 0 Å². The number of carboxylic acid groups (broad SMARTS) is 1. The van der Waals surface area contributed by atoms with E-state index in [-0.39, 0.29) is 29.4 Å². The van der Waals surface area contributed by atoms with Gasteiger partial charge in [-0.2, -0.15) is 18.2 Å². The van der Waals surface area contributed by atoms with Crippen molar-refractivity contribution in [2.75, 3.05) is 6.54 Å². The van der Waals surface area contributed by atoms with Crippen LogP contribution in [0.5, 0.6) is 0 Å². The fourth-order valence-corrected chi connectivity index (χ4v) is 3.87. The highest BCUT2D eigenvalue weighted by atomic mass is 19.4. The number of aryl methyl sites for hydroxylation is 2. The van der Waals surface area contributed by atoms with E-state index >= 15 is 0 Å². The second kappa shape index (κ2) is 9.71. The Morgan fingerprint density at radius 3 is 2.40 bits per heavy atom. The maximum Gasteiger partial charge on any atom is 0.417 e. The van der Waals surface area contributed by atoms with E-state index in [9.17, 15) is 18.0 Å². The predicted molar refractivity (Wildman–Crippen MR) is 124 cm³/mol. The van der Waals surface area contributed by atoms with Gasteiger partial charge in [0, 0.05) is 17.7 Å². The molecule has 0 radical (unpaired) electrons. The van der Waals surface area contributed by atoms with Gasteiger partial charge in [0.05, 0.1) is 12.1 Å². The largest absolute Gasteiger partial charge is 0.480 e. The molecule has 0 amide bonds. The summed E-state index contributed by atoms with van der Waals surface area (Å²) in [6, 6.07) is 16.3. The highest BCUT2D eigenvalue weighted by molar-refractivity contribution is 5.75. The minimum atomic E-state index is -4.57. The first-order chi connectivity index (χ1) is 16.6. The fraction of sp³-hybridized carbons (Fsp3) is 0.192. The average molecular weight is 481 g/mol. The zero-order valence-corrected chi connectivity index (χ0v) is 19.0. The Hall–Kier alpha value is -3.98. The van der Waals surface area contributed by atoms with Crippen molar-refractivity contribution < 1.29 is 27.6 Å². The van der Waals surface area contributed by atoms with Crippen LogP contribution in [-0.4, -0.2) is 27.8 Å². The molecule has 1 aromatic heterocycles. The Labute approximate surface area is 199 Å². The Kier molecular flexibility index (Phi) is 6.70. The molecule has 2 N–H and O–H groups in total. The van der Waals surface area contributed by atoms with Gasteiger partial charge in [0.25, 0.3) is 5.89 Å². The number of carboxylic acids is 1. The van der Waals surface area contributed by atoms with Gasteiger partial charge in [-0.1, -0.05) is 53.7 Å². The molecule has 9 heteroatoms. The summed E-state index contributed by atoms with van der Waals surface area (Å²) in [7, 11) is 0. The molecule has 4 aromatic rings. The van der Waals surface area contributed by atoms with Crippen LogP contribution in [0, 0.1) is 13.8 Å². The van der Waals surface area contributed by atoms with E-state index < -0.39 is 17.7 Å². The zero-order valence-electron chi connectivity index (χ0n) is 19.0. The second-order valence-electron chi connectivity index (χ2n) is 8.14. The van der Waals surface area contributed by atoms with Gasteiger partial charge < -0.3 is 14.9 Å². The highest BCUT2D eigenvalue weighted by Crippen LogP contribution is 2.40. The van der Waals surface area contributed by atoms with Gasteiger partial charge in [-0.15, -0.1) is 0 Å². The van der Waals surface area contributed by atoms with Gasteiger partial charge in [0.1, 0.15) is 0 Å². The topological polar surface area (TPSA) is 88.2 Å². The number of alkyl halides is 3. The van der Waals surface area contributed by atoms with E-state index in [4.69, 9.17) is 9.63 Å². The van der Waals surface area contributed by atoms with Crippen molar-refractivity contribution in [3.8, 4) is 34.0 Å². The second-order valence-corrected chi connectivity index (χ2v) is 8.14. The normalized spacial score (nSPS) is 11.6. The maximum atomic E-state index is 14.0. The number of rotatable bonds is 7. The standard InChI is InChI=1S/C26H22F3N3O3/c1-15-5-3-4-6-19(15)21-10-8-18(12-22(21)26(27,28)29)25-31-24(32-35-25)20-9-7-17(11-16(20)2)13-30-14-23(33)34/h3-12,30H,13-14H2,1-2H3,(H,33,34). The van der Waals surface area contributed by atoms with Crippen molar-refractivity contribution >= 4 is 5.97 Å². The van der Waals surface area contributed by atoms with Gasteiger partial charge in [-0.25, -0.2) is 0 Å². The number of nitrogens with zero attached hydrogens (tertiary/aromatic N) is 2. The smallest absolute Gasteiger partial charge is 0.417 e. The summed E-state index contributed by atoms with van der Waals surface area (Å²) < 4.78 is 47.2. The van der Waals surface area contributed by atoms with Gasteiger partial charge in [-0.05, 0) is 53.8 Å². The molecular formula is C26H22F3N3O3. The monoisotopic (exact) mass is 481 g/mol. The third-order valence-electron chi connectivity index (χ3n) is 5.57. The van der Waals surface area contributed by atoms with Crippen LogP contribution in [0.15, 0.2) is 65.2 Å². The third kappa shape index (κ3) is 5.41. The van der Waals surface area contributed by atoms with Crippen LogP contribution in [0.3, 0.4) is 0 Å². The highest BCUT2D eigenvalue weighted by Gasteiger charge is 2.34. The molecule has 0 aliphatic carbocycles. The van der Waals surface area contributed by atoms with Gasteiger partial charge in [0.15, 0.2) is 0 Å². The summed E-state index contributed by atoms with van der Waals surface area (Å²) >= 11 is 0. The van der Waals surface area contributed by atoms with Crippen LogP contribution in [0.4, 0.5) is 13.2 Å². The van der Waals surface area contributed by atoms with Crippen LogP contribution in [0.1, 0.15) is 22.3 Å². The van der Waals surface area contributed by atoms with Crippen molar-refractivity contribution in [3.05, 3.63) is 82.9 Å². The molecule has 0 fully saturated rings. The Morgan fingerprint density at radius 2 is 1.71 bits per heavy atom. The number of hydrogen-bond donors (Lipinski definition) is 2. The summed E-state index contributed by atoms with van der Waals surface area (Å²) in [6.07, 6.45) is -4.57. The first kappa shape index (κ1) is 24.2. The van der Waals surface area contributed by atoms with Gasteiger partial charge >= 0.3 is 12.1 Å². The Bertz CT molecular complexity index is 1380. The van der Waals surface area contributed by atoms with E-state index in [2.05, 4.69) is 15.5 Å². The van der Waals surface area contributed by atoms with Crippen molar-refractivity contribution in [2.24, 2.45) is 0 Å². The van der Waals surface area contributed by atoms with E-state index in [1.54, 1.807) is 49.4 Å². The summed E-state index contributed by atoms with van der Waals surface area (Å²) in [5.41, 5.74) is 3.07. The molecule has 0 aliphatic heterocycles.